The summed E-state index contributed by atoms with van der Waals surface area (Å²) in [6.45, 7) is 0.734. The third-order valence-corrected chi connectivity index (χ3v) is 5.49. The Bertz CT molecular complexity index is 807. The maximum atomic E-state index is 12.2. The molecule has 0 amide bonds. The largest absolute Gasteiger partial charge is 0.465 e. The van der Waals surface area contributed by atoms with E-state index in [1.54, 1.807) is 6.07 Å². The number of rotatable bonds is 2. The monoisotopic (exact) mass is 357 g/mol. The number of anilines is 1. The SMILES string of the molecule is COC(=O)c1cccc2c1N[C@@H](c1ccccc1Cl)[C@H]1CCCO[C@@H]21. The summed E-state index contributed by atoms with van der Waals surface area (Å²) in [4.78, 5) is 12.2. The molecule has 4 nitrogen and oxygen atoms in total. The van der Waals surface area contributed by atoms with Gasteiger partial charge in [-0.05, 0) is 30.5 Å². The smallest absolute Gasteiger partial charge is 0.339 e. The molecule has 0 spiro atoms. The highest BCUT2D eigenvalue weighted by Crippen LogP contribution is 2.50. The highest BCUT2D eigenvalue weighted by atomic mass is 35.5. The van der Waals surface area contributed by atoms with Crippen LogP contribution in [0.5, 0.6) is 0 Å². The molecule has 2 aromatic carbocycles. The Morgan fingerprint density at radius 3 is 2.80 bits per heavy atom. The van der Waals surface area contributed by atoms with Crippen LogP contribution in [0, 0.1) is 5.92 Å². The lowest BCUT2D eigenvalue weighted by atomic mass is 9.77. The van der Waals surface area contributed by atoms with Crippen LogP contribution in [-0.4, -0.2) is 19.7 Å². The van der Waals surface area contributed by atoms with Gasteiger partial charge in [0.2, 0.25) is 0 Å². The number of carbonyl (C=O) groups is 1. The van der Waals surface area contributed by atoms with Gasteiger partial charge in [0.25, 0.3) is 0 Å². The zero-order chi connectivity index (χ0) is 17.4. The maximum Gasteiger partial charge on any atom is 0.339 e. The summed E-state index contributed by atoms with van der Waals surface area (Å²) in [5.41, 5.74) is 3.39. The molecule has 130 valence electrons. The van der Waals surface area contributed by atoms with Crippen LogP contribution in [0.25, 0.3) is 0 Å². The van der Waals surface area contributed by atoms with Gasteiger partial charge in [0.05, 0.1) is 30.5 Å². The number of nitrogens with one attached hydrogen (secondary N) is 1. The summed E-state index contributed by atoms with van der Waals surface area (Å²) in [5, 5.41) is 4.30. The second-order valence-corrected chi connectivity index (χ2v) is 6.91. The normalized spacial score (nSPS) is 24.6. The average Bonchev–Trinajstić information content (AvgIpc) is 2.67. The van der Waals surface area contributed by atoms with Crippen LogP contribution in [0.1, 0.15) is 46.5 Å². The lowest BCUT2D eigenvalue weighted by Crippen LogP contribution is -2.36. The van der Waals surface area contributed by atoms with Crippen LogP contribution in [0.3, 0.4) is 0 Å². The summed E-state index contributed by atoms with van der Waals surface area (Å²) >= 11 is 6.47. The molecule has 1 N–H and O–H groups in total. The molecule has 0 unspecified atom stereocenters. The van der Waals surface area contributed by atoms with E-state index in [0.29, 0.717) is 5.56 Å². The Labute approximate surface area is 152 Å². The van der Waals surface area contributed by atoms with Gasteiger partial charge in [-0.25, -0.2) is 4.79 Å². The summed E-state index contributed by atoms with van der Waals surface area (Å²) < 4.78 is 11.1. The van der Waals surface area contributed by atoms with Crippen molar-refractivity contribution >= 4 is 23.3 Å². The number of ether oxygens (including phenoxy) is 2. The molecule has 25 heavy (non-hydrogen) atoms. The van der Waals surface area contributed by atoms with Crippen LogP contribution >= 0.6 is 11.6 Å². The van der Waals surface area contributed by atoms with Gasteiger partial charge in [0, 0.05) is 23.1 Å². The van der Waals surface area contributed by atoms with Gasteiger partial charge in [0.1, 0.15) is 0 Å². The fourth-order valence-electron chi connectivity index (χ4n) is 4.01. The molecule has 0 bridgehead atoms. The van der Waals surface area contributed by atoms with Crippen molar-refractivity contribution in [3.63, 3.8) is 0 Å². The third-order valence-electron chi connectivity index (χ3n) is 5.14. The van der Waals surface area contributed by atoms with E-state index in [4.69, 9.17) is 21.1 Å². The van der Waals surface area contributed by atoms with Gasteiger partial charge in [-0.3, -0.25) is 0 Å². The van der Waals surface area contributed by atoms with Gasteiger partial charge in [0.15, 0.2) is 0 Å². The maximum absolute atomic E-state index is 12.2. The van der Waals surface area contributed by atoms with E-state index in [-0.39, 0.29) is 24.0 Å². The minimum absolute atomic E-state index is 0.00249. The molecule has 2 heterocycles. The van der Waals surface area contributed by atoms with Crippen molar-refractivity contribution in [2.75, 3.05) is 19.0 Å². The first-order valence-corrected chi connectivity index (χ1v) is 8.92. The molecule has 5 heteroatoms. The zero-order valence-corrected chi connectivity index (χ0v) is 14.8. The minimum Gasteiger partial charge on any atom is -0.465 e. The Kier molecular flexibility index (Phi) is 4.40. The lowest BCUT2D eigenvalue weighted by Gasteiger charge is -2.44. The van der Waals surface area contributed by atoms with Gasteiger partial charge in [-0.1, -0.05) is 41.9 Å². The summed E-state index contributed by atoms with van der Waals surface area (Å²) in [6.07, 6.45) is 2.03. The summed E-state index contributed by atoms with van der Waals surface area (Å²) in [7, 11) is 1.40. The van der Waals surface area contributed by atoms with Crippen LogP contribution in [0.15, 0.2) is 42.5 Å². The molecular formula is C20H20ClNO3. The van der Waals surface area contributed by atoms with Gasteiger partial charge in [-0.15, -0.1) is 0 Å². The molecular weight excluding hydrogens is 338 g/mol. The molecule has 2 aromatic rings. The second-order valence-electron chi connectivity index (χ2n) is 6.50. The topological polar surface area (TPSA) is 47.6 Å². The average molecular weight is 358 g/mol. The highest BCUT2D eigenvalue weighted by Gasteiger charge is 2.41. The summed E-state index contributed by atoms with van der Waals surface area (Å²) in [6, 6.07) is 13.6. The Hall–Kier alpha value is -2.04. The van der Waals surface area contributed by atoms with Crippen LogP contribution in [-0.2, 0) is 9.47 Å². The fraction of sp³-hybridized carbons (Fsp3) is 0.350. The number of hydrogen-bond acceptors (Lipinski definition) is 4. The van der Waals surface area contributed by atoms with Crippen LogP contribution in [0.4, 0.5) is 5.69 Å². The zero-order valence-electron chi connectivity index (χ0n) is 14.0. The quantitative estimate of drug-likeness (QED) is 0.787. The lowest BCUT2D eigenvalue weighted by molar-refractivity contribution is -0.0381. The number of halogens is 1. The van der Waals surface area contributed by atoms with Crippen molar-refractivity contribution < 1.29 is 14.3 Å². The van der Waals surface area contributed by atoms with E-state index < -0.39 is 0 Å². The minimum atomic E-state index is -0.350. The Balaban J connectivity index is 1.85. The Morgan fingerprint density at radius 1 is 1.20 bits per heavy atom. The summed E-state index contributed by atoms with van der Waals surface area (Å²) in [5.74, 6) is -0.0782. The number of benzene rings is 2. The number of fused-ring (bicyclic) bond motifs is 3. The van der Waals surface area contributed by atoms with Crippen molar-refractivity contribution in [1.29, 1.82) is 0 Å². The predicted octanol–water partition coefficient (Wildman–Crippen LogP) is 4.76. The number of methoxy groups -OCH3 is 1. The number of esters is 1. The molecule has 0 radical (unpaired) electrons. The van der Waals surface area contributed by atoms with E-state index in [1.165, 1.54) is 7.11 Å². The fourth-order valence-corrected chi connectivity index (χ4v) is 4.27. The van der Waals surface area contributed by atoms with Crippen molar-refractivity contribution in [3.05, 3.63) is 64.2 Å². The van der Waals surface area contributed by atoms with Crippen molar-refractivity contribution in [3.8, 4) is 0 Å². The van der Waals surface area contributed by atoms with Crippen LogP contribution < -0.4 is 5.32 Å². The number of carbonyl (C=O) groups excluding carboxylic acids is 1. The van der Waals surface area contributed by atoms with E-state index in [9.17, 15) is 4.79 Å². The number of hydrogen-bond donors (Lipinski definition) is 1. The second kappa shape index (κ2) is 6.70. The molecule has 1 saturated heterocycles. The molecule has 2 aliphatic rings. The molecule has 0 saturated carbocycles. The first kappa shape index (κ1) is 16.4. The molecule has 4 rings (SSSR count). The standard InChI is InChI=1S/C20H20ClNO3/c1-24-20(23)15-8-4-7-13-18(15)22-17(12-6-2-3-10-16(12)21)14-9-5-11-25-19(13)14/h2-4,6-8,10,14,17,19,22H,5,9,11H2,1H3/t14-,17+,19+/m1/s1. The molecule has 3 atom stereocenters. The molecule has 0 aliphatic carbocycles. The predicted molar refractivity (Wildman–Crippen MR) is 97.0 cm³/mol. The first-order valence-electron chi connectivity index (χ1n) is 8.54. The van der Waals surface area contributed by atoms with Crippen molar-refractivity contribution in [2.45, 2.75) is 25.0 Å². The first-order chi connectivity index (χ1) is 12.2. The van der Waals surface area contributed by atoms with Crippen molar-refractivity contribution in [1.82, 2.24) is 0 Å². The van der Waals surface area contributed by atoms with E-state index in [2.05, 4.69) is 5.32 Å². The van der Waals surface area contributed by atoms with E-state index >= 15 is 0 Å². The highest BCUT2D eigenvalue weighted by molar-refractivity contribution is 6.31. The van der Waals surface area contributed by atoms with Gasteiger partial charge < -0.3 is 14.8 Å². The number of para-hydroxylation sites is 1. The van der Waals surface area contributed by atoms with Crippen molar-refractivity contribution in [2.24, 2.45) is 5.92 Å². The molecule has 0 aromatic heterocycles. The van der Waals surface area contributed by atoms with E-state index in [0.717, 1.165) is 41.3 Å². The third kappa shape index (κ3) is 2.79. The van der Waals surface area contributed by atoms with Crippen LogP contribution in [0.2, 0.25) is 5.02 Å². The Morgan fingerprint density at radius 2 is 2.00 bits per heavy atom. The molecule has 1 fully saturated rings. The molecule has 2 aliphatic heterocycles. The van der Waals surface area contributed by atoms with E-state index in [1.807, 2.05) is 36.4 Å². The van der Waals surface area contributed by atoms with Gasteiger partial charge in [-0.2, -0.15) is 0 Å². The van der Waals surface area contributed by atoms with Gasteiger partial charge >= 0.3 is 5.97 Å².